The summed E-state index contributed by atoms with van der Waals surface area (Å²) in [6.45, 7) is 9.23. The van der Waals surface area contributed by atoms with Gasteiger partial charge in [0.05, 0.1) is 6.61 Å². The fraction of sp³-hybridized carbons (Fsp3) is 0.778. The van der Waals surface area contributed by atoms with Gasteiger partial charge in [0.1, 0.15) is 10.5 Å². The molecular formula is C9H20OSi. The van der Waals surface area contributed by atoms with E-state index in [-0.39, 0.29) is 0 Å². The van der Waals surface area contributed by atoms with Crippen LogP contribution in [0.25, 0.3) is 0 Å². The third-order valence-electron chi connectivity index (χ3n) is 2.02. The maximum atomic E-state index is 5.14. The first-order valence-corrected chi connectivity index (χ1v) is 5.20. The van der Waals surface area contributed by atoms with Gasteiger partial charge in [-0.3, -0.25) is 0 Å². The monoisotopic (exact) mass is 172 g/mol. The summed E-state index contributed by atoms with van der Waals surface area (Å²) in [6, 6.07) is 0. The molecule has 0 aliphatic rings. The summed E-state index contributed by atoms with van der Waals surface area (Å²) < 4.78 is 5.14. The normalized spacial score (nSPS) is 13.3. The van der Waals surface area contributed by atoms with E-state index in [1.807, 2.05) is 0 Å². The smallest absolute Gasteiger partial charge is 0.146 e. The lowest BCUT2D eigenvalue weighted by Gasteiger charge is -2.13. The molecule has 0 saturated heterocycles. The first kappa shape index (κ1) is 10.9. The van der Waals surface area contributed by atoms with Gasteiger partial charge in [0, 0.05) is 0 Å². The lowest BCUT2D eigenvalue weighted by atomic mass is 9.97. The molecule has 1 atom stereocenters. The van der Waals surface area contributed by atoms with Crippen molar-refractivity contribution in [3.63, 3.8) is 0 Å². The van der Waals surface area contributed by atoms with Gasteiger partial charge in [-0.05, 0) is 12.3 Å². The van der Waals surface area contributed by atoms with Gasteiger partial charge >= 0.3 is 0 Å². The molecule has 0 aromatic heterocycles. The summed E-state index contributed by atoms with van der Waals surface area (Å²) in [6.07, 6.45) is 3.85. The average molecular weight is 172 g/mol. The van der Waals surface area contributed by atoms with Gasteiger partial charge in [0.25, 0.3) is 0 Å². The molecule has 0 aromatic carbocycles. The number of hydrogen-bond donors (Lipinski definition) is 0. The van der Waals surface area contributed by atoms with Crippen LogP contribution in [0.4, 0.5) is 0 Å². The Morgan fingerprint density at radius 1 is 1.64 bits per heavy atom. The third kappa shape index (κ3) is 5.22. The van der Waals surface area contributed by atoms with Crippen LogP contribution >= 0.6 is 0 Å². The minimum atomic E-state index is 0.642. The molecule has 11 heavy (non-hydrogen) atoms. The topological polar surface area (TPSA) is 9.23 Å². The molecule has 0 rings (SSSR count). The molecule has 0 N–H and O–H groups in total. The molecule has 0 spiro atoms. The SMILES string of the molecule is C=C(CO[SiH3])C(C)CCCC. The second-order valence-electron chi connectivity index (χ2n) is 3.13. The maximum absolute atomic E-state index is 5.14. The molecule has 66 valence electrons. The van der Waals surface area contributed by atoms with Crippen molar-refractivity contribution in [3.05, 3.63) is 12.2 Å². The predicted octanol–water partition coefficient (Wildman–Crippen LogP) is 1.67. The molecule has 1 unspecified atom stereocenters. The Labute approximate surface area is 73.4 Å². The fourth-order valence-corrected chi connectivity index (χ4v) is 1.41. The van der Waals surface area contributed by atoms with Gasteiger partial charge in [-0.2, -0.15) is 0 Å². The zero-order valence-electron chi connectivity index (χ0n) is 8.02. The van der Waals surface area contributed by atoms with Crippen LogP contribution in [-0.4, -0.2) is 17.1 Å². The summed E-state index contributed by atoms with van der Waals surface area (Å²) in [5, 5.41) is 0. The minimum absolute atomic E-state index is 0.642. The summed E-state index contributed by atoms with van der Waals surface area (Å²) in [5.41, 5.74) is 1.26. The maximum Gasteiger partial charge on any atom is 0.146 e. The van der Waals surface area contributed by atoms with Crippen LogP contribution in [0.15, 0.2) is 12.2 Å². The summed E-state index contributed by atoms with van der Waals surface area (Å²) >= 11 is 0. The van der Waals surface area contributed by atoms with E-state index in [0.29, 0.717) is 5.92 Å². The lowest BCUT2D eigenvalue weighted by Crippen LogP contribution is -2.04. The Kier molecular flexibility index (Phi) is 6.57. The third-order valence-corrected chi connectivity index (χ3v) is 2.31. The zero-order valence-corrected chi connectivity index (χ0v) is 10.0. The Bertz CT molecular complexity index is 112. The number of unbranched alkanes of at least 4 members (excludes halogenated alkanes) is 1. The minimum Gasteiger partial charge on any atom is -0.424 e. The first-order valence-electron chi connectivity index (χ1n) is 4.39. The van der Waals surface area contributed by atoms with Crippen molar-refractivity contribution in [2.75, 3.05) is 6.61 Å². The quantitative estimate of drug-likeness (QED) is 0.437. The second-order valence-corrected chi connectivity index (χ2v) is 3.71. The van der Waals surface area contributed by atoms with E-state index in [4.69, 9.17) is 4.43 Å². The van der Waals surface area contributed by atoms with Gasteiger partial charge in [-0.25, -0.2) is 0 Å². The van der Waals surface area contributed by atoms with Crippen molar-refractivity contribution in [2.24, 2.45) is 5.92 Å². The first-order chi connectivity index (χ1) is 5.22. The van der Waals surface area contributed by atoms with Crippen LogP contribution in [0.5, 0.6) is 0 Å². The summed E-state index contributed by atoms with van der Waals surface area (Å²) in [4.78, 5) is 0. The highest BCUT2D eigenvalue weighted by atomic mass is 28.2. The van der Waals surface area contributed by atoms with Crippen LogP contribution in [-0.2, 0) is 4.43 Å². The van der Waals surface area contributed by atoms with Crippen LogP contribution in [0.1, 0.15) is 33.1 Å². The van der Waals surface area contributed by atoms with Crippen molar-refractivity contribution in [1.82, 2.24) is 0 Å². The van der Waals surface area contributed by atoms with Crippen molar-refractivity contribution in [1.29, 1.82) is 0 Å². The lowest BCUT2D eigenvalue weighted by molar-refractivity contribution is 0.364. The summed E-state index contributed by atoms with van der Waals surface area (Å²) in [7, 11) is 0.827. The van der Waals surface area contributed by atoms with E-state index < -0.39 is 0 Å². The van der Waals surface area contributed by atoms with Crippen LogP contribution in [0.3, 0.4) is 0 Å². The van der Waals surface area contributed by atoms with Crippen molar-refractivity contribution in [3.8, 4) is 0 Å². The van der Waals surface area contributed by atoms with Gasteiger partial charge in [0.15, 0.2) is 0 Å². The van der Waals surface area contributed by atoms with Gasteiger partial charge in [0.2, 0.25) is 0 Å². The molecule has 0 radical (unpaired) electrons. The van der Waals surface area contributed by atoms with Crippen molar-refractivity contribution >= 4 is 10.5 Å². The van der Waals surface area contributed by atoms with Crippen LogP contribution in [0.2, 0.25) is 0 Å². The largest absolute Gasteiger partial charge is 0.424 e. The van der Waals surface area contributed by atoms with E-state index in [0.717, 1.165) is 17.1 Å². The number of hydrogen-bond acceptors (Lipinski definition) is 1. The number of rotatable bonds is 6. The van der Waals surface area contributed by atoms with Gasteiger partial charge < -0.3 is 4.43 Å². The molecule has 2 heteroatoms. The van der Waals surface area contributed by atoms with Crippen molar-refractivity contribution < 1.29 is 4.43 Å². The van der Waals surface area contributed by atoms with E-state index >= 15 is 0 Å². The molecule has 0 aliphatic heterocycles. The zero-order chi connectivity index (χ0) is 8.69. The predicted molar refractivity (Wildman–Crippen MR) is 53.7 cm³/mol. The Hall–Kier alpha value is -0.0831. The molecular weight excluding hydrogens is 152 g/mol. The van der Waals surface area contributed by atoms with Gasteiger partial charge in [-0.1, -0.05) is 38.8 Å². The molecule has 0 amide bonds. The fourth-order valence-electron chi connectivity index (χ4n) is 1.04. The second kappa shape index (κ2) is 6.62. The highest BCUT2D eigenvalue weighted by molar-refractivity contribution is 5.98. The Morgan fingerprint density at radius 3 is 2.73 bits per heavy atom. The molecule has 0 saturated carbocycles. The molecule has 0 aromatic rings. The van der Waals surface area contributed by atoms with Crippen LogP contribution in [0, 0.1) is 5.92 Å². The van der Waals surface area contributed by atoms with E-state index in [1.165, 1.54) is 24.8 Å². The van der Waals surface area contributed by atoms with Crippen molar-refractivity contribution in [2.45, 2.75) is 33.1 Å². The van der Waals surface area contributed by atoms with Crippen LogP contribution < -0.4 is 0 Å². The standard InChI is InChI=1S/C9H20OSi/c1-4-5-6-8(2)9(3)7-10-11/h8H,3-7H2,1-2,11H3. The van der Waals surface area contributed by atoms with E-state index in [9.17, 15) is 0 Å². The molecule has 1 nitrogen and oxygen atoms in total. The molecule has 0 fully saturated rings. The Morgan fingerprint density at radius 2 is 2.27 bits per heavy atom. The molecule has 0 bridgehead atoms. The highest BCUT2D eigenvalue weighted by Crippen LogP contribution is 2.15. The van der Waals surface area contributed by atoms with Gasteiger partial charge in [-0.15, -0.1) is 0 Å². The highest BCUT2D eigenvalue weighted by Gasteiger charge is 2.04. The molecule has 0 aliphatic carbocycles. The summed E-state index contributed by atoms with van der Waals surface area (Å²) in [5.74, 6) is 0.642. The van der Waals surface area contributed by atoms with E-state index in [1.54, 1.807) is 0 Å². The van der Waals surface area contributed by atoms with E-state index in [2.05, 4.69) is 20.4 Å². The average Bonchev–Trinajstić information content (AvgIpc) is 2.00. The molecule has 0 heterocycles. The Balaban J connectivity index is 3.46.